The molecule has 0 atom stereocenters. The first-order valence-electron chi connectivity index (χ1n) is 14.5. The van der Waals surface area contributed by atoms with Gasteiger partial charge in [-0.3, -0.25) is 0 Å². The van der Waals surface area contributed by atoms with Gasteiger partial charge in [0.2, 0.25) is 0 Å². The van der Waals surface area contributed by atoms with Gasteiger partial charge in [-0.15, -0.1) is 0 Å². The van der Waals surface area contributed by atoms with E-state index in [0.29, 0.717) is 17.1 Å². The summed E-state index contributed by atoms with van der Waals surface area (Å²) in [5, 5.41) is 74.2. The number of aryl methyl sites for hydroxylation is 1. The zero-order valence-electron chi connectivity index (χ0n) is 28.3. The first kappa shape index (κ1) is 38.3. The molecule has 4 aromatic carbocycles. The normalized spacial score (nSPS) is 10.8. The quantitative estimate of drug-likeness (QED) is 0.0905. The molecule has 0 aliphatic carbocycles. The molecule has 0 aliphatic heterocycles. The van der Waals surface area contributed by atoms with Gasteiger partial charge in [0.25, 0.3) is 0 Å². The van der Waals surface area contributed by atoms with Crippen molar-refractivity contribution in [1.82, 2.24) is 0 Å². The van der Waals surface area contributed by atoms with Crippen LogP contribution in [0.4, 0.5) is 0 Å². The molecule has 8 nitrogen and oxygen atoms in total. The van der Waals surface area contributed by atoms with Crippen LogP contribution in [0.3, 0.4) is 0 Å². The largest absolute Gasteiger partial charge is 0.508 e. The number of hydrogen-bond donors (Lipinski definition) is 8. The second-order valence-corrected chi connectivity index (χ2v) is 13.1. The summed E-state index contributed by atoms with van der Waals surface area (Å²) in [5.41, 5.74) is 4.94. The Morgan fingerprint density at radius 1 is 0.378 bits per heavy atom. The molecule has 8 N–H and O–H groups in total. The smallest absolute Gasteiger partial charge is 0.122 e. The van der Waals surface area contributed by atoms with Crippen molar-refractivity contribution in [3.8, 4) is 46.0 Å². The van der Waals surface area contributed by atoms with E-state index in [4.69, 9.17) is 20.4 Å². The second-order valence-electron chi connectivity index (χ2n) is 13.1. The molecule has 0 aromatic heterocycles. The average Bonchev–Trinajstić information content (AvgIpc) is 2.94. The zero-order chi connectivity index (χ0) is 35.0. The lowest BCUT2D eigenvalue weighted by Gasteiger charge is -2.25. The van der Waals surface area contributed by atoms with Crippen LogP contribution >= 0.6 is 0 Å². The summed E-state index contributed by atoms with van der Waals surface area (Å²) < 4.78 is 0. The van der Waals surface area contributed by atoms with Crippen molar-refractivity contribution in [2.24, 2.45) is 0 Å². The van der Waals surface area contributed by atoms with Crippen molar-refractivity contribution in [3.05, 3.63) is 93.5 Å². The maximum Gasteiger partial charge on any atom is 0.122 e. The topological polar surface area (TPSA) is 162 Å². The van der Waals surface area contributed by atoms with Crippen LogP contribution in [0.5, 0.6) is 46.0 Å². The van der Waals surface area contributed by atoms with Gasteiger partial charge >= 0.3 is 0 Å². The van der Waals surface area contributed by atoms with Crippen LogP contribution in [-0.4, -0.2) is 40.9 Å². The molecule has 0 saturated carbocycles. The summed E-state index contributed by atoms with van der Waals surface area (Å²) in [4.78, 5) is 0. The molecule has 0 spiro atoms. The predicted molar refractivity (Wildman–Crippen MR) is 180 cm³/mol. The summed E-state index contributed by atoms with van der Waals surface area (Å²) in [5.74, 6) is 1.85. The SMILES string of the molecule is CC(C)(C)c1cc(O)c(C(C)(C)C)cc1O.Cc1c(C)c(O)c(C)c(C)c1O.Cc1cc(O)ccc1O.Oc1ccc(O)cc1. The lowest BCUT2D eigenvalue weighted by Crippen LogP contribution is -2.15. The standard InChI is InChI=1S/C14H22O2.C10H14O2.C7H8O2.C6H6O2/c1-13(2,3)9-7-12(16)10(8-11(9)15)14(4,5)6;1-5-6(2)10(12)8(4)7(3)9(5)11;1-5-4-6(8)2-3-7(5)9;7-5-1-2-6(8)4-3-5/h7-8,15-16H,1-6H3;11-12H,1-4H3;2-4,8-9H,1H3;1-4,7-8H. The van der Waals surface area contributed by atoms with Crippen LogP contribution < -0.4 is 0 Å². The van der Waals surface area contributed by atoms with Gasteiger partial charge in [0.15, 0.2) is 0 Å². The van der Waals surface area contributed by atoms with Gasteiger partial charge in [-0.1, -0.05) is 41.5 Å². The Morgan fingerprint density at radius 2 is 0.667 bits per heavy atom. The fraction of sp³-hybridized carbons (Fsp3) is 0.351. The highest BCUT2D eigenvalue weighted by Gasteiger charge is 2.24. The maximum atomic E-state index is 10.0. The van der Waals surface area contributed by atoms with Crippen LogP contribution in [0.15, 0.2) is 54.6 Å². The van der Waals surface area contributed by atoms with Crippen LogP contribution in [0, 0.1) is 34.6 Å². The van der Waals surface area contributed by atoms with E-state index in [9.17, 15) is 20.4 Å². The van der Waals surface area contributed by atoms with Gasteiger partial charge in [0, 0.05) is 11.1 Å². The molecule has 0 unspecified atom stereocenters. The third-order valence-electron chi connectivity index (χ3n) is 7.31. The summed E-state index contributed by atoms with van der Waals surface area (Å²) in [6.45, 7) is 21.0. The molecule has 246 valence electrons. The van der Waals surface area contributed by atoms with Gasteiger partial charge in [0.05, 0.1) is 0 Å². The molecule has 0 bridgehead atoms. The molecular weight excluding hydrogens is 572 g/mol. The van der Waals surface area contributed by atoms with Gasteiger partial charge in [0.1, 0.15) is 46.0 Å². The number of benzene rings is 4. The van der Waals surface area contributed by atoms with Crippen LogP contribution in [0.2, 0.25) is 0 Å². The van der Waals surface area contributed by atoms with Crippen LogP contribution in [0.1, 0.15) is 80.5 Å². The summed E-state index contributed by atoms with van der Waals surface area (Å²) in [7, 11) is 0. The molecule has 0 heterocycles. The number of hydrogen-bond acceptors (Lipinski definition) is 8. The number of phenolic OH excluding ortho intramolecular Hbond substituents is 8. The first-order chi connectivity index (χ1) is 20.5. The van der Waals surface area contributed by atoms with Gasteiger partial charge < -0.3 is 40.9 Å². The Bertz CT molecular complexity index is 1410. The summed E-state index contributed by atoms with van der Waals surface area (Å²) >= 11 is 0. The Labute approximate surface area is 267 Å². The lowest BCUT2D eigenvalue weighted by molar-refractivity contribution is 0.419. The van der Waals surface area contributed by atoms with Crippen molar-refractivity contribution >= 4 is 0 Å². The zero-order valence-corrected chi connectivity index (χ0v) is 28.3. The fourth-order valence-corrected chi connectivity index (χ4v) is 4.14. The van der Waals surface area contributed by atoms with Crippen molar-refractivity contribution in [1.29, 1.82) is 0 Å². The number of rotatable bonds is 0. The van der Waals surface area contributed by atoms with Crippen molar-refractivity contribution < 1.29 is 40.9 Å². The highest BCUT2D eigenvalue weighted by molar-refractivity contribution is 5.56. The Balaban J connectivity index is 0.000000311. The van der Waals surface area contributed by atoms with E-state index in [1.807, 2.05) is 41.5 Å². The highest BCUT2D eigenvalue weighted by atomic mass is 16.3. The lowest BCUT2D eigenvalue weighted by atomic mass is 9.81. The Kier molecular flexibility index (Phi) is 13.0. The Morgan fingerprint density at radius 3 is 0.911 bits per heavy atom. The number of phenols is 8. The van der Waals surface area contributed by atoms with E-state index < -0.39 is 0 Å². The minimum atomic E-state index is -0.169. The maximum absolute atomic E-state index is 10.0. The molecule has 4 aromatic rings. The molecule has 45 heavy (non-hydrogen) atoms. The fourth-order valence-electron chi connectivity index (χ4n) is 4.14. The molecule has 4 rings (SSSR count). The summed E-state index contributed by atoms with van der Waals surface area (Å²) in [6.07, 6.45) is 0. The minimum absolute atomic E-state index is 0.169. The predicted octanol–water partition coefficient (Wildman–Crippen LogP) is 8.53. The molecule has 0 radical (unpaired) electrons. The molecule has 0 amide bonds. The molecular formula is C37H50O8. The monoisotopic (exact) mass is 622 g/mol. The summed E-state index contributed by atoms with van der Waals surface area (Å²) in [6, 6.07) is 13.5. The van der Waals surface area contributed by atoms with Crippen molar-refractivity contribution in [3.63, 3.8) is 0 Å². The first-order valence-corrected chi connectivity index (χ1v) is 14.5. The van der Waals surface area contributed by atoms with E-state index in [2.05, 4.69) is 0 Å². The van der Waals surface area contributed by atoms with E-state index in [0.717, 1.165) is 33.4 Å². The van der Waals surface area contributed by atoms with Crippen molar-refractivity contribution in [2.45, 2.75) is 87.0 Å². The molecule has 0 aliphatic rings. The third kappa shape index (κ3) is 11.1. The Hall–Kier alpha value is -4.72. The molecule has 8 heteroatoms. The third-order valence-corrected chi connectivity index (χ3v) is 7.31. The van der Waals surface area contributed by atoms with Gasteiger partial charge in [-0.05, 0) is 128 Å². The van der Waals surface area contributed by atoms with E-state index in [1.165, 1.54) is 42.5 Å². The van der Waals surface area contributed by atoms with Crippen LogP contribution in [0.25, 0.3) is 0 Å². The van der Waals surface area contributed by atoms with E-state index in [1.54, 1.807) is 46.8 Å². The molecule has 0 saturated heterocycles. The van der Waals surface area contributed by atoms with Gasteiger partial charge in [-0.25, -0.2) is 0 Å². The van der Waals surface area contributed by atoms with Gasteiger partial charge in [-0.2, -0.15) is 0 Å². The average molecular weight is 623 g/mol. The van der Waals surface area contributed by atoms with E-state index in [-0.39, 0.29) is 45.3 Å². The van der Waals surface area contributed by atoms with Crippen molar-refractivity contribution in [2.75, 3.05) is 0 Å². The van der Waals surface area contributed by atoms with Crippen LogP contribution in [-0.2, 0) is 10.8 Å². The minimum Gasteiger partial charge on any atom is -0.508 e. The highest BCUT2D eigenvalue weighted by Crippen LogP contribution is 2.40. The van der Waals surface area contributed by atoms with E-state index >= 15 is 0 Å². The second kappa shape index (κ2) is 15.3. The number of aromatic hydroxyl groups is 8. The molecule has 0 fully saturated rings.